The fraction of sp³-hybridized carbons (Fsp3) is 0.750. The van der Waals surface area contributed by atoms with E-state index in [1.807, 2.05) is 13.8 Å². The molecule has 4 heteroatoms. The van der Waals surface area contributed by atoms with Crippen molar-refractivity contribution in [2.24, 2.45) is 5.92 Å². The highest BCUT2D eigenvalue weighted by Crippen LogP contribution is 2.06. The molecule has 0 aliphatic heterocycles. The molecular weight excluding hydrogens is 158 g/mol. The summed E-state index contributed by atoms with van der Waals surface area (Å²) < 4.78 is 0. The van der Waals surface area contributed by atoms with E-state index < -0.39 is 6.09 Å². The van der Waals surface area contributed by atoms with Crippen LogP contribution in [-0.4, -0.2) is 23.5 Å². The van der Waals surface area contributed by atoms with Crippen molar-refractivity contribution in [3.8, 4) is 0 Å². The third-order valence-corrected chi connectivity index (χ3v) is 1.46. The molecule has 0 aromatic rings. The van der Waals surface area contributed by atoms with Crippen LogP contribution in [0, 0.1) is 5.92 Å². The van der Waals surface area contributed by atoms with E-state index in [0.29, 0.717) is 12.3 Å². The molecule has 0 rings (SSSR count). The van der Waals surface area contributed by atoms with Gasteiger partial charge in [-0.3, -0.25) is 0 Å². The molecule has 1 amide bonds. The molecule has 4 nitrogen and oxygen atoms in total. The second-order valence-corrected chi connectivity index (χ2v) is 3.18. The highest BCUT2D eigenvalue weighted by Gasteiger charge is 2.11. The monoisotopic (exact) mass is 173 g/mol. The zero-order chi connectivity index (χ0) is 9.56. The third kappa shape index (κ3) is 5.70. The van der Waals surface area contributed by atoms with Crippen molar-refractivity contribution >= 4 is 12.4 Å². The third-order valence-electron chi connectivity index (χ3n) is 1.46. The molecule has 0 fully saturated rings. The molecule has 0 radical (unpaired) electrons. The SMILES string of the molecule is CC(C)CC(CC=O)NC(=O)O. The lowest BCUT2D eigenvalue weighted by Crippen LogP contribution is -2.34. The van der Waals surface area contributed by atoms with Crippen LogP contribution < -0.4 is 5.32 Å². The first-order valence-electron chi connectivity index (χ1n) is 3.99. The van der Waals surface area contributed by atoms with E-state index in [1.165, 1.54) is 0 Å². The van der Waals surface area contributed by atoms with Gasteiger partial charge in [-0.25, -0.2) is 4.79 Å². The van der Waals surface area contributed by atoms with Crippen molar-refractivity contribution in [1.29, 1.82) is 0 Å². The largest absolute Gasteiger partial charge is 0.465 e. The van der Waals surface area contributed by atoms with Gasteiger partial charge in [-0.15, -0.1) is 0 Å². The first kappa shape index (κ1) is 10.9. The molecule has 70 valence electrons. The number of carbonyl (C=O) groups excluding carboxylic acids is 1. The van der Waals surface area contributed by atoms with Gasteiger partial charge in [-0.05, 0) is 12.3 Å². The number of hydrogen-bond acceptors (Lipinski definition) is 2. The molecule has 0 saturated carbocycles. The predicted octanol–water partition coefficient (Wildman–Crippen LogP) is 1.26. The molecular formula is C8H15NO3. The Morgan fingerprint density at radius 2 is 2.17 bits per heavy atom. The molecule has 0 spiro atoms. The molecule has 0 aliphatic carbocycles. The van der Waals surface area contributed by atoms with E-state index in [-0.39, 0.29) is 12.5 Å². The van der Waals surface area contributed by atoms with Crippen molar-refractivity contribution in [2.75, 3.05) is 0 Å². The summed E-state index contributed by atoms with van der Waals surface area (Å²) in [4.78, 5) is 20.4. The summed E-state index contributed by atoms with van der Waals surface area (Å²) in [5.41, 5.74) is 0. The first-order chi connectivity index (χ1) is 5.56. The van der Waals surface area contributed by atoms with Crippen LogP contribution in [0.5, 0.6) is 0 Å². The minimum absolute atomic E-state index is 0.236. The second-order valence-electron chi connectivity index (χ2n) is 3.18. The number of rotatable bonds is 5. The summed E-state index contributed by atoms with van der Waals surface area (Å²) in [5, 5.41) is 10.7. The van der Waals surface area contributed by atoms with Crippen LogP contribution in [0.4, 0.5) is 4.79 Å². The Bertz CT molecular complexity index is 156. The lowest BCUT2D eigenvalue weighted by Gasteiger charge is -2.15. The summed E-state index contributed by atoms with van der Waals surface area (Å²) in [7, 11) is 0. The molecule has 0 aliphatic rings. The smallest absolute Gasteiger partial charge is 0.404 e. The highest BCUT2D eigenvalue weighted by atomic mass is 16.4. The van der Waals surface area contributed by atoms with E-state index in [4.69, 9.17) is 5.11 Å². The number of carboxylic acid groups (broad SMARTS) is 1. The first-order valence-corrected chi connectivity index (χ1v) is 3.99. The average molecular weight is 173 g/mol. The molecule has 1 atom stereocenters. The van der Waals surface area contributed by atoms with Crippen LogP contribution >= 0.6 is 0 Å². The van der Waals surface area contributed by atoms with Gasteiger partial charge in [0.05, 0.1) is 0 Å². The Kier molecular flexibility index (Phi) is 5.08. The van der Waals surface area contributed by atoms with E-state index in [9.17, 15) is 9.59 Å². The lowest BCUT2D eigenvalue weighted by atomic mass is 10.0. The minimum Gasteiger partial charge on any atom is -0.465 e. The number of amides is 1. The quantitative estimate of drug-likeness (QED) is 0.615. The Balaban J connectivity index is 3.85. The van der Waals surface area contributed by atoms with Crippen LogP contribution in [0.3, 0.4) is 0 Å². The number of aldehydes is 1. The van der Waals surface area contributed by atoms with Gasteiger partial charge in [0.1, 0.15) is 6.29 Å². The van der Waals surface area contributed by atoms with Gasteiger partial charge in [0, 0.05) is 12.5 Å². The van der Waals surface area contributed by atoms with Crippen LogP contribution in [0.15, 0.2) is 0 Å². The zero-order valence-corrected chi connectivity index (χ0v) is 7.41. The molecule has 0 aromatic heterocycles. The highest BCUT2D eigenvalue weighted by molar-refractivity contribution is 5.65. The van der Waals surface area contributed by atoms with Crippen molar-refractivity contribution < 1.29 is 14.7 Å². The second kappa shape index (κ2) is 5.57. The minimum atomic E-state index is -1.07. The van der Waals surface area contributed by atoms with Crippen molar-refractivity contribution in [1.82, 2.24) is 5.32 Å². The summed E-state index contributed by atoms with van der Waals surface area (Å²) in [6, 6.07) is -0.236. The van der Waals surface area contributed by atoms with Gasteiger partial charge in [-0.1, -0.05) is 13.8 Å². The lowest BCUT2D eigenvalue weighted by molar-refractivity contribution is -0.108. The standard InChI is InChI=1S/C8H15NO3/c1-6(2)5-7(3-4-10)9-8(11)12/h4,6-7,9H,3,5H2,1-2H3,(H,11,12). The molecule has 0 heterocycles. The van der Waals surface area contributed by atoms with Gasteiger partial charge in [0.15, 0.2) is 0 Å². The normalized spacial score (nSPS) is 12.6. The van der Waals surface area contributed by atoms with E-state index in [0.717, 1.165) is 6.29 Å². The van der Waals surface area contributed by atoms with Crippen molar-refractivity contribution in [3.05, 3.63) is 0 Å². The molecule has 0 aromatic carbocycles. The van der Waals surface area contributed by atoms with E-state index >= 15 is 0 Å². The molecule has 12 heavy (non-hydrogen) atoms. The summed E-state index contributed by atoms with van der Waals surface area (Å²) in [6.45, 7) is 3.97. The molecule has 0 bridgehead atoms. The predicted molar refractivity (Wildman–Crippen MR) is 45.1 cm³/mol. The Morgan fingerprint density at radius 3 is 2.50 bits per heavy atom. The number of hydrogen-bond donors (Lipinski definition) is 2. The maximum absolute atomic E-state index is 10.2. The number of carbonyl (C=O) groups is 2. The average Bonchev–Trinajstić information content (AvgIpc) is 1.84. The Morgan fingerprint density at radius 1 is 1.58 bits per heavy atom. The van der Waals surface area contributed by atoms with Gasteiger partial charge >= 0.3 is 6.09 Å². The fourth-order valence-corrected chi connectivity index (χ4v) is 1.07. The van der Waals surface area contributed by atoms with Crippen LogP contribution in [0.25, 0.3) is 0 Å². The summed E-state index contributed by atoms with van der Waals surface area (Å²) in [5.74, 6) is 0.391. The number of nitrogens with one attached hydrogen (secondary N) is 1. The maximum atomic E-state index is 10.2. The Hall–Kier alpha value is -1.06. The fourth-order valence-electron chi connectivity index (χ4n) is 1.07. The van der Waals surface area contributed by atoms with Crippen LogP contribution in [0.2, 0.25) is 0 Å². The van der Waals surface area contributed by atoms with Gasteiger partial charge in [0.25, 0.3) is 0 Å². The molecule has 0 saturated heterocycles. The van der Waals surface area contributed by atoms with Gasteiger partial charge < -0.3 is 15.2 Å². The van der Waals surface area contributed by atoms with E-state index in [2.05, 4.69) is 5.32 Å². The topological polar surface area (TPSA) is 66.4 Å². The molecule has 1 unspecified atom stereocenters. The summed E-state index contributed by atoms with van der Waals surface area (Å²) in [6.07, 6.45) is 0.626. The summed E-state index contributed by atoms with van der Waals surface area (Å²) >= 11 is 0. The Labute approximate surface area is 72.0 Å². The van der Waals surface area contributed by atoms with Gasteiger partial charge in [0.2, 0.25) is 0 Å². The van der Waals surface area contributed by atoms with Gasteiger partial charge in [-0.2, -0.15) is 0 Å². The van der Waals surface area contributed by atoms with Crippen LogP contribution in [-0.2, 0) is 4.79 Å². The zero-order valence-electron chi connectivity index (χ0n) is 7.41. The van der Waals surface area contributed by atoms with Crippen molar-refractivity contribution in [3.63, 3.8) is 0 Å². The van der Waals surface area contributed by atoms with Crippen molar-refractivity contribution in [2.45, 2.75) is 32.7 Å². The maximum Gasteiger partial charge on any atom is 0.404 e. The molecule has 2 N–H and O–H groups in total. The van der Waals surface area contributed by atoms with E-state index in [1.54, 1.807) is 0 Å². The van der Waals surface area contributed by atoms with Crippen LogP contribution in [0.1, 0.15) is 26.7 Å².